The van der Waals surface area contributed by atoms with E-state index in [1.165, 1.54) is 12.1 Å². The van der Waals surface area contributed by atoms with E-state index in [-0.39, 0.29) is 11.6 Å². The summed E-state index contributed by atoms with van der Waals surface area (Å²) in [7, 11) is 2.04. The maximum absolute atomic E-state index is 13.2. The van der Waals surface area contributed by atoms with Crippen LogP contribution in [0.3, 0.4) is 0 Å². The van der Waals surface area contributed by atoms with Crippen molar-refractivity contribution < 1.29 is 9.18 Å². The minimum Gasteiger partial charge on any atom is -0.396 e. The van der Waals surface area contributed by atoms with Crippen LogP contribution in [0.1, 0.15) is 10.4 Å². The number of nitrogen functional groups attached to an aromatic ring is 1. The first-order valence-electron chi connectivity index (χ1n) is 5.96. The third kappa shape index (κ3) is 3.43. The van der Waals surface area contributed by atoms with E-state index in [4.69, 9.17) is 5.73 Å². The molecule has 0 aromatic heterocycles. The molecule has 0 radical (unpaired) electrons. The second-order valence-electron chi connectivity index (χ2n) is 4.58. The van der Waals surface area contributed by atoms with Gasteiger partial charge in [-0.2, -0.15) is 0 Å². The number of nitrogens with two attached hydrogens (primary N) is 1. The van der Waals surface area contributed by atoms with E-state index >= 15 is 0 Å². The van der Waals surface area contributed by atoms with Gasteiger partial charge in [-0.3, -0.25) is 10.2 Å². The van der Waals surface area contributed by atoms with Gasteiger partial charge in [-0.1, -0.05) is 0 Å². The van der Waals surface area contributed by atoms with Crippen LogP contribution in [0.5, 0.6) is 0 Å². The molecule has 104 valence electrons. The SMILES string of the molecule is CN1CCN(NC(=O)c2cc(N)c(F)cc2Br)CC1. The first-order chi connectivity index (χ1) is 8.97. The third-order valence-electron chi connectivity index (χ3n) is 3.09. The summed E-state index contributed by atoms with van der Waals surface area (Å²) < 4.78 is 13.6. The Morgan fingerprint density at radius 3 is 2.63 bits per heavy atom. The van der Waals surface area contributed by atoms with Crippen molar-refractivity contribution in [2.24, 2.45) is 0 Å². The number of rotatable bonds is 2. The number of nitrogens with zero attached hydrogens (tertiary/aromatic N) is 2. The van der Waals surface area contributed by atoms with Crippen molar-refractivity contribution in [2.45, 2.75) is 0 Å². The first-order valence-corrected chi connectivity index (χ1v) is 6.75. The van der Waals surface area contributed by atoms with Crippen molar-refractivity contribution in [3.8, 4) is 0 Å². The van der Waals surface area contributed by atoms with Crippen LogP contribution in [0.4, 0.5) is 10.1 Å². The Balaban J connectivity index is 2.06. The standard InChI is InChI=1S/C12H16BrFN4O/c1-17-2-4-18(5-3-17)16-12(19)8-6-11(15)10(14)7-9(8)13/h6-7H,2-5,15H2,1H3,(H,16,19). The summed E-state index contributed by atoms with van der Waals surface area (Å²) in [5, 5.41) is 1.86. The number of amides is 1. The van der Waals surface area contributed by atoms with Crippen LogP contribution in [-0.2, 0) is 0 Å². The van der Waals surface area contributed by atoms with Crippen molar-refractivity contribution in [1.29, 1.82) is 0 Å². The van der Waals surface area contributed by atoms with Gasteiger partial charge in [-0.25, -0.2) is 9.40 Å². The van der Waals surface area contributed by atoms with Gasteiger partial charge in [0.25, 0.3) is 5.91 Å². The molecule has 2 rings (SSSR count). The van der Waals surface area contributed by atoms with Crippen molar-refractivity contribution in [3.63, 3.8) is 0 Å². The summed E-state index contributed by atoms with van der Waals surface area (Å²) in [5.74, 6) is -0.828. The molecule has 0 bridgehead atoms. The van der Waals surface area contributed by atoms with Gasteiger partial charge in [-0.15, -0.1) is 0 Å². The molecule has 1 aliphatic rings. The molecule has 3 N–H and O–H groups in total. The molecule has 0 saturated carbocycles. The molecule has 5 nitrogen and oxygen atoms in total. The number of piperazine rings is 1. The van der Waals surface area contributed by atoms with E-state index in [2.05, 4.69) is 26.3 Å². The topological polar surface area (TPSA) is 61.6 Å². The lowest BCUT2D eigenvalue weighted by molar-refractivity contribution is 0.0662. The summed E-state index contributed by atoms with van der Waals surface area (Å²) in [6.07, 6.45) is 0. The Hall–Kier alpha value is -1.18. The number of nitrogens with one attached hydrogen (secondary N) is 1. The van der Waals surface area contributed by atoms with Gasteiger partial charge >= 0.3 is 0 Å². The fourth-order valence-electron chi connectivity index (χ4n) is 1.86. The Labute approximate surface area is 119 Å². The third-order valence-corrected chi connectivity index (χ3v) is 3.75. The van der Waals surface area contributed by atoms with Gasteiger partial charge in [0.1, 0.15) is 5.82 Å². The van der Waals surface area contributed by atoms with E-state index in [1.54, 1.807) is 0 Å². The lowest BCUT2D eigenvalue weighted by atomic mass is 10.2. The number of likely N-dealkylation sites (N-methyl/N-ethyl adjacent to an activating group) is 1. The highest BCUT2D eigenvalue weighted by Crippen LogP contribution is 2.22. The van der Waals surface area contributed by atoms with Crippen LogP contribution in [0, 0.1) is 5.82 Å². The number of hydrazine groups is 1. The van der Waals surface area contributed by atoms with E-state index in [0.717, 1.165) is 26.2 Å². The number of halogens is 2. The van der Waals surface area contributed by atoms with Gasteiger partial charge < -0.3 is 10.6 Å². The first kappa shape index (κ1) is 14.2. The predicted molar refractivity (Wildman–Crippen MR) is 75.0 cm³/mol. The molecule has 0 aliphatic carbocycles. The highest BCUT2D eigenvalue weighted by atomic mass is 79.9. The van der Waals surface area contributed by atoms with Crippen LogP contribution in [0.2, 0.25) is 0 Å². The smallest absolute Gasteiger partial charge is 0.266 e. The van der Waals surface area contributed by atoms with Crippen LogP contribution in [0.25, 0.3) is 0 Å². The molecule has 0 unspecified atom stereocenters. The molecule has 1 heterocycles. The molecule has 1 amide bonds. The van der Waals surface area contributed by atoms with E-state index in [1.807, 2.05) is 12.1 Å². The quantitative estimate of drug-likeness (QED) is 0.796. The highest BCUT2D eigenvalue weighted by Gasteiger charge is 2.19. The van der Waals surface area contributed by atoms with E-state index in [9.17, 15) is 9.18 Å². The molecule has 1 fully saturated rings. The molecular formula is C12H16BrFN4O. The van der Waals surface area contributed by atoms with E-state index < -0.39 is 5.82 Å². The lowest BCUT2D eigenvalue weighted by Crippen LogP contribution is -2.52. The van der Waals surface area contributed by atoms with Gasteiger partial charge in [0, 0.05) is 30.7 Å². The maximum Gasteiger partial charge on any atom is 0.266 e. The fourth-order valence-corrected chi connectivity index (χ4v) is 2.36. The zero-order valence-electron chi connectivity index (χ0n) is 10.6. The van der Waals surface area contributed by atoms with Crippen LogP contribution in [-0.4, -0.2) is 49.0 Å². The molecule has 1 saturated heterocycles. The Morgan fingerprint density at radius 2 is 2.00 bits per heavy atom. The zero-order chi connectivity index (χ0) is 14.0. The molecule has 19 heavy (non-hydrogen) atoms. The summed E-state index contributed by atoms with van der Waals surface area (Å²) in [5.41, 5.74) is 8.58. The number of carbonyl (C=O) groups is 1. The summed E-state index contributed by atoms with van der Waals surface area (Å²) in [6.45, 7) is 3.31. The van der Waals surface area contributed by atoms with Gasteiger partial charge in [0.15, 0.2) is 0 Å². The van der Waals surface area contributed by atoms with Gasteiger partial charge in [-0.05, 0) is 35.1 Å². The van der Waals surface area contributed by atoms with Crippen molar-refractivity contribution in [2.75, 3.05) is 39.0 Å². The summed E-state index contributed by atoms with van der Waals surface area (Å²) in [4.78, 5) is 14.3. The largest absolute Gasteiger partial charge is 0.396 e. The van der Waals surface area contributed by atoms with Crippen LogP contribution < -0.4 is 11.2 Å². The van der Waals surface area contributed by atoms with Crippen LogP contribution in [0.15, 0.2) is 16.6 Å². The Bertz CT molecular complexity index is 489. The summed E-state index contributed by atoms with van der Waals surface area (Å²) in [6, 6.07) is 2.54. The molecule has 0 spiro atoms. The summed E-state index contributed by atoms with van der Waals surface area (Å²) >= 11 is 3.17. The lowest BCUT2D eigenvalue weighted by Gasteiger charge is -2.32. The monoisotopic (exact) mass is 330 g/mol. The minimum atomic E-state index is -0.539. The number of carbonyl (C=O) groups excluding carboxylic acids is 1. The zero-order valence-corrected chi connectivity index (χ0v) is 12.2. The van der Waals surface area contributed by atoms with Crippen LogP contribution >= 0.6 is 15.9 Å². The van der Waals surface area contributed by atoms with Crippen molar-refractivity contribution in [1.82, 2.24) is 15.3 Å². The van der Waals surface area contributed by atoms with Crippen molar-refractivity contribution in [3.05, 3.63) is 28.0 Å². The molecule has 1 aliphatic heterocycles. The Morgan fingerprint density at radius 1 is 1.37 bits per heavy atom. The normalized spacial score (nSPS) is 17.4. The molecule has 0 atom stereocenters. The van der Waals surface area contributed by atoms with Gasteiger partial charge in [0.2, 0.25) is 0 Å². The number of anilines is 1. The molecular weight excluding hydrogens is 315 g/mol. The number of hydrogen-bond donors (Lipinski definition) is 2. The average molecular weight is 331 g/mol. The minimum absolute atomic E-state index is 0.0354. The molecule has 7 heteroatoms. The molecule has 1 aromatic carbocycles. The predicted octanol–water partition coefficient (Wildman–Crippen LogP) is 1.06. The fraction of sp³-hybridized carbons (Fsp3) is 0.417. The second-order valence-corrected chi connectivity index (χ2v) is 5.44. The average Bonchev–Trinajstić information content (AvgIpc) is 2.36. The number of hydrogen-bond acceptors (Lipinski definition) is 4. The highest BCUT2D eigenvalue weighted by molar-refractivity contribution is 9.10. The molecule has 1 aromatic rings. The Kier molecular flexibility index (Phi) is 4.38. The van der Waals surface area contributed by atoms with Gasteiger partial charge in [0.05, 0.1) is 11.3 Å². The second kappa shape index (κ2) is 5.85. The van der Waals surface area contributed by atoms with Crippen molar-refractivity contribution >= 4 is 27.5 Å². The van der Waals surface area contributed by atoms with E-state index in [0.29, 0.717) is 10.0 Å². The number of benzene rings is 1. The maximum atomic E-state index is 13.2.